The molecular weight excluding hydrogens is 214 g/mol. The summed E-state index contributed by atoms with van der Waals surface area (Å²) in [6.45, 7) is 3.12. The second-order valence-electron chi connectivity index (χ2n) is 4.85. The van der Waals surface area contributed by atoms with Gasteiger partial charge in [0.15, 0.2) is 0 Å². The Bertz CT molecular complexity index is 360. The van der Waals surface area contributed by atoms with Crippen molar-refractivity contribution in [1.82, 2.24) is 19.8 Å². The molecule has 0 atom stereocenters. The van der Waals surface area contributed by atoms with Crippen molar-refractivity contribution >= 4 is 5.82 Å². The van der Waals surface area contributed by atoms with Crippen molar-refractivity contribution in [2.75, 3.05) is 32.9 Å². The number of hydrogen-bond acceptors (Lipinski definition) is 5. The highest BCUT2D eigenvalue weighted by atomic mass is 15.2. The number of nitrogens with two attached hydrogens (primary N) is 1. The molecule has 1 aromatic heterocycles. The van der Waals surface area contributed by atoms with Gasteiger partial charge in [0.1, 0.15) is 11.6 Å². The molecule has 0 saturated carbocycles. The van der Waals surface area contributed by atoms with Crippen LogP contribution in [0.3, 0.4) is 0 Å². The lowest BCUT2D eigenvalue weighted by Crippen LogP contribution is -2.41. The molecule has 1 saturated heterocycles. The van der Waals surface area contributed by atoms with E-state index in [2.05, 4.69) is 33.9 Å². The lowest BCUT2D eigenvalue weighted by Gasteiger charge is -2.34. The number of aromatic nitrogens is 2. The zero-order chi connectivity index (χ0) is 12.3. The molecule has 0 aliphatic carbocycles. The van der Waals surface area contributed by atoms with Crippen LogP contribution in [0.15, 0.2) is 12.3 Å². The third-order valence-electron chi connectivity index (χ3n) is 3.43. The van der Waals surface area contributed by atoms with E-state index >= 15 is 0 Å². The van der Waals surface area contributed by atoms with Gasteiger partial charge in [-0.1, -0.05) is 0 Å². The molecule has 0 amide bonds. The summed E-state index contributed by atoms with van der Waals surface area (Å²) in [6, 6.07) is 2.36. The van der Waals surface area contributed by atoms with E-state index < -0.39 is 0 Å². The Hall–Kier alpha value is -1.20. The van der Waals surface area contributed by atoms with Gasteiger partial charge in [-0.05, 0) is 46.1 Å². The van der Waals surface area contributed by atoms with Crippen LogP contribution in [0.1, 0.15) is 18.7 Å². The molecule has 2 rings (SSSR count). The molecule has 0 unspecified atom stereocenters. The highest BCUT2D eigenvalue weighted by Gasteiger charge is 2.20. The van der Waals surface area contributed by atoms with Crippen LogP contribution in [0.25, 0.3) is 0 Å². The second kappa shape index (κ2) is 5.42. The van der Waals surface area contributed by atoms with E-state index in [-0.39, 0.29) is 0 Å². The van der Waals surface area contributed by atoms with E-state index in [9.17, 15) is 0 Å². The number of rotatable bonds is 3. The van der Waals surface area contributed by atoms with Gasteiger partial charge in [0.2, 0.25) is 0 Å². The first-order chi connectivity index (χ1) is 8.15. The topological polar surface area (TPSA) is 58.3 Å². The molecule has 1 aliphatic heterocycles. The molecule has 2 heterocycles. The van der Waals surface area contributed by atoms with Crippen molar-refractivity contribution in [2.24, 2.45) is 0 Å². The van der Waals surface area contributed by atoms with E-state index in [1.807, 2.05) is 0 Å². The average Bonchev–Trinajstić information content (AvgIpc) is 2.29. The molecule has 17 heavy (non-hydrogen) atoms. The van der Waals surface area contributed by atoms with Gasteiger partial charge in [-0.3, -0.25) is 4.90 Å². The minimum absolute atomic E-state index is 0.548. The fourth-order valence-corrected chi connectivity index (χ4v) is 2.28. The molecule has 1 aromatic rings. The number of anilines is 1. The zero-order valence-corrected chi connectivity index (χ0v) is 10.6. The molecule has 94 valence electrons. The fourth-order valence-electron chi connectivity index (χ4n) is 2.28. The van der Waals surface area contributed by atoms with Gasteiger partial charge in [-0.2, -0.15) is 0 Å². The number of likely N-dealkylation sites (tertiary alicyclic amines) is 1. The van der Waals surface area contributed by atoms with Crippen LogP contribution in [-0.2, 0) is 6.54 Å². The summed E-state index contributed by atoms with van der Waals surface area (Å²) in [6.07, 6.45) is 4.16. The minimum atomic E-state index is 0.548. The number of nitrogen functional groups attached to an aromatic ring is 1. The zero-order valence-electron chi connectivity index (χ0n) is 10.6. The van der Waals surface area contributed by atoms with Crippen LogP contribution < -0.4 is 5.73 Å². The van der Waals surface area contributed by atoms with Crippen LogP contribution in [0.5, 0.6) is 0 Å². The van der Waals surface area contributed by atoms with E-state index in [4.69, 9.17) is 5.73 Å². The summed E-state index contributed by atoms with van der Waals surface area (Å²) in [7, 11) is 4.32. The fraction of sp³-hybridized carbons (Fsp3) is 0.667. The Balaban J connectivity index is 1.90. The van der Waals surface area contributed by atoms with Crippen molar-refractivity contribution in [1.29, 1.82) is 0 Å². The Labute approximate surface area is 103 Å². The summed E-state index contributed by atoms with van der Waals surface area (Å²) in [5.41, 5.74) is 5.65. The largest absolute Gasteiger partial charge is 0.384 e. The van der Waals surface area contributed by atoms with E-state index in [0.29, 0.717) is 11.9 Å². The Morgan fingerprint density at radius 3 is 2.82 bits per heavy atom. The van der Waals surface area contributed by atoms with Gasteiger partial charge in [-0.25, -0.2) is 9.97 Å². The first-order valence-electron chi connectivity index (χ1n) is 6.11. The van der Waals surface area contributed by atoms with E-state index in [1.165, 1.54) is 25.9 Å². The Morgan fingerprint density at radius 2 is 2.18 bits per heavy atom. The van der Waals surface area contributed by atoms with Crippen molar-refractivity contribution in [3.05, 3.63) is 18.1 Å². The number of hydrogen-bond donors (Lipinski definition) is 1. The van der Waals surface area contributed by atoms with Gasteiger partial charge < -0.3 is 10.6 Å². The highest BCUT2D eigenvalue weighted by molar-refractivity contribution is 5.24. The number of nitrogens with zero attached hydrogens (tertiary/aromatic N) is 4. The average molecular weight is 235 g/mol. The predicted molar refractivity (Wildman–Crippen MR) is 68.4 cm³/mol. The van der Waals surface area contributed by atoms with Crippen molar-refractivity contribution in [3.8, 4) is 0 Å². The summed E-state index contributed by atoms with van der Waals surface area (Å²) in [4.78, 5) is 13.2. The van der Waals surface area contributed by atoms with Gasteiger partial charge in [0.05, 0.1) is 6.54 Å². The van der Waals surface area contributed by atoms with Crippen LogP contribution in [-0.4, -0.2) is 53.0 Å². The molecule has 1 fully saturated rings. The molecule has 0 bridgehead atoms. The standard InChI is InChI=1S/C12H21N5/c1-16-7-4-10(5-8-16)17(2)9-12-14-6-3-11(13)15-12/h3,6,10H,4-5,7-9H2,1-2H3,(H2,13,14,15). The Morgan fingerprint density at radius 1 is 1.47 bits per heavy atom. The van der Waals surface area contributed by atoms with Crippen molar-refractivity contribution in [3.63, 3.8) is 0 Å². The Kier molecular flexibility index (Phi) is 3.91. The molecule has 2 N–H and O–H groups in total. The SMILES string of the molecule is CN1CCC(N(C)Cc2nccc(N)n2)CC1. The first-order valence-corrected chi connectivity index (χ1v) is 6.11. The summed E-state index contributed by atoms with van der Waals surface area (Å²) >= 11 is 0. The normalized spacial score (nSPS) is 18.8. The third-order valence-corrected chi connectivity index (χ3v) is 3.43. The van der Waals surface area contributed by atoms with Gasteiger partial charge >= 0.3 is 0 Å². The first kappa shape index (κ1) is 12.3. The van der Waals surface area contributed by atoms with Crippen molar-refractivity contribution < 1.29 is 0 Å². The van der Waals surface area contributed by atoms with Crippen LogP contribution in [0.2, 0.25) is 0 Å². The van der Waals surface area contributed by atoms with E-state index in [0.717, 1.165) is 12.4 Å². The molecular formula is C12H21N5. The molecule has 5 heteroatoms. The van der Waals surface area contributed by atoms with E-state index in [1.54, 1.807) is 12.3 Å². The molecule has 1 aliphatic rings. The lowest BCUT2D eigenvalue weighted by atomic mass is 10.0. The smallest absolute Gasteiger partial charge is 0.144 e. The molecule has 0 aromatic carbocycles. The van der Waals surface area contributed by atoms with Gasteiger partial charge in [0, 0.05) is 12.2 Å². The van der Waals surface area contributed by atoms with Crippen LogP contribution >= 0.6 is 0 Å². The lowest BCUT2D eigenvalue weighted by molar-refractivity contribution is 0.137. The molecule has 0 spiro atoms. The maximum atomic E-state index is 5.65. The van der Waals surface area contributed by atoms with Gasteiger partial charge in [0.25, 0.3) is 0 Å². The summed E-state index contributed by atoms with van der Waals surface area (Å²) < 4.78 is 0. The highest BCUT2D eigenvalue weighted by Crippen LogP contribution is 2.15. The van der Waals surface area contributed by atoms with Crippen LogP contribution in [0, 0.1) is 0 Å². The molecule has 5 nitrogen and oxygen atoms in total. The number of piperidine rings is 1. The molecule has 0 radical (unpaired) electrons. The van der Waals surface area contributed by atoms with Gasteiger partial charge in [-0.15, -0.1) is 0 Å². The quantitative estimate of drug-likeness (QED) is 0.830. The summed E-state index contributed by atoms with van der Waals surface area (Å²) in [5, 5.41) is 0. The second-order valence-corrected chi connectivity index (χ2v) is 4.85. The van der Waals surface area contributed by atoms with Crippen molar-refractivity contribution in [2.45, 2.75) is 25.4 Å². The van der Waals surface area contributed by atoms with Crippen LogP contribution in [0.4, 0.5) is 5.82 Å². The monoisotopic (exact) mass is 235 g/mol. The summed E-state index contributed by atoms with van der Waals surface area (Å²) in [5.74, 6) is 1.36. The third kappa shape index (κ3) is 3.38. The predicted octanol–water partition coefficient (Wildman–Crippen LogP) is 0.585. The maximum absolute atomic E-state index is 5.65. The minimum Gasteiger partial charge on any atom is -0.384 e. The maximum Gasteiger partial charge on any atom is 0.144 e.